The fourth-order valence-electron chi connectivity index (χ4n) is 4.96. The lowest BCUT2D eigenvalue weighted by atomic mass is 9.74. The van der Waals surface area contributed by atoms with E-state index in [2.05, 4.69) is 41.4 Å². The number of nitrogens with one attached hydrogen (secondary N) is 2. The highest BCUT2D eigenvalue weighted by Gasteiger charge is 2.42. The van der Waals surface area contributed by atoms with Gasteiger partial charge < -0.3 is 14.6 Å². The van der Waals surface area contributed by atoms with Gasteiger partial charge in [-0.3, -0.25) is 4.79 Å². The molecule has 10 nitrogen and oxygen atoms in total. The SMILES string of the molecule is CC(C)(C)n1nccc1Nc1cccc(CC2(c3n[nH]c(=O)o3)CCN(C(=O)c3cccc(Cl)c3F)CC2)n1. The number of halogens is 2. The first-order valence-electron chi connectivity index (χ1n) is 12.6. The van der Waals surface area contributed by atoms with Gasteiger partial charge in [0.25, 0.3) is 5.91 Å². The maximum atomic E-state index is 14.5. The molecule has 1 aromatic carbocycles. The van der Waals surface area contributed by atoms with Crippen LogP contribution in [0, 0.1) is 5.82 Å². The molecule has 5 rings (SSSR count). The summed E-state index contributed by atoms with van der Waals surface area (Å²) in [6.07, 6.45) is 3.02. The van der Waals surface area contributed by atoms with Crippen molar-refractivity contribution in [2.45, 2.75) is 51.0 Å². The van der Waals surface area contributed by atoms with Crippen LogP contribution in [0.4, 0.5) is 16.0 Å². The minimum atomic E-state index is -0.736. The zero-order valence-electron chi connectivity index (χ0n) is 21.9. The molecule has 4 aromatic rings. The Morgan fingerprint density at radius 3 is 2.62 bits per heavy atom. The Bertz CT molecular complexity index is 1550. The number of nitrogens with zero attached hydrogens (tertiary/aromatic N) is 5. The maximum Gasteiger partial charge on any atom is 0.434 e. The molecule has 1 aliphatic heterocycles. The maximum absolute atomic E-state index is 14.5. The van der Waals surface area contributed by atoms with E-state index < -0.39 is 22.9 Å². The van der Waals surface area contributed by atoms with Crippen LogP contribution in [0.2, 0.25) is 5.02 Å². The van der Waals surface area contributed by atoms with E-state index in [0.717, 1.165) is 11.5 Å². The van der Waals surface area contributed by atoms with Crippen LogP contribution in [-0.4, -0.2) is 48.9 Å². The Balaban J connectivity index is 1.38. The standard InChI is InChI=1S/C27H29ClFN7O3/c1-26(2,3)36-21(10-13-30-36)32-20-9-4-6-17(31-20)16-27(24-33-34-25(38)39-24)11-14-35(15-12-27)23(37)18-7-5-8-19(28)22(18)29/h4-10,13H,11-12,14-16H2,1-3H3,(H,31,32)(H,34,38). The topological polar surface area (TPSA) is 122 Å². The van der Waals surface area contributed by atoms with Crippen molar-refractivity contribution < 1.29 is 13.6 Å². The number of likely N-dealkylation sites (tertiary alicyclic amines) is 1. The number of piperidine rings is 1. The summed E-state index contributed by atoms with van der Waals surface area (Å²) in [4.78, 5) is 31.3. The van der Waals surface area contributed by atoms with Crippen molar-refractivity contribution in [1.82, 2.24) is 29.9 Å². The van der Waals surface area contributed by atoms with Gasteiger partial charge in [0, 0.05) is 31.3 Å². The molecule has 0 saturated carbocycles. The number of amides is 1. The molecular formula is C27H29ClFN7O3. The number of aromatic nitrogens is 5. The lowest BCUT2D eigenvalue weighted by molar-refractivity contribution is 0.0636. The van der Waals surface area contributed by atoms with Gasteiger partial charge in [-0.15, -0.1) is 5.10 Å². The summed E-state index contributed by atoms with van der Waals surface area (Å²) in [6.45, 7) is 6.81. The molecule has 0 bridgehead atoms. The van der Waals surface area contributed by atoms with Crippen molar-refractivity contribution >= 4 is 29.1 Å². The molecule has 39 heavy (non-hydrogen) atoms. The predicted molar refractivity (Wildman–Crippen MR) is 144 cm³/mol. The van der Waals surface area contributed by atoms with Crippen molar-refractivity contribution in [3.8, 4) is 0 Å². The Kier molecular flexibility index (Phi) is 7.02. The zero-order chi connectivity index (χ0) is 27.8. The highest BCUT2D eigenvalue weighted by atomic mass is 35.5. The van der Waals surface area contributed by atoms with Gasteiger partial charge in [-0.25, -0.2) is 23.9 Å². The third-order valence-electron chi connectivity index (χ3n) is 6.94. The molecular weight excluding hydrogens is 525 g/mol. The van der Waals surface area contributed by atoms with E-state index in [4.69, 9.17) is 21.0 Å². The molecule has 0 aliphatic carbocycles. The number of carbonyl (C=O) groups is 1. The molecule has 4 heterocycles. The predicted octanol–water partition coefficient (Wildman–Crippen LogP) is 4.66. The van der Waals surface area contributed by atoms with Crippen LogP contribution in [0.5, 0.6) is 0 Å². The average molecular weight is 554 g/mol. The molecule has 0 atom stereocenters. The number of carbonyl (C=O) groups excluding carboxylic acids is 1. The highest BCUT2D eigenvalue weighted by molar-refractivity contribution is 6.31. The first kappa shape index (κ1) is 26.6. The smallest absolute Gasteiger partial charge is 0.392 e. The third kappa shape index (κ3) is 5.44. The van der Waals surface area contributed by atoms with Gasteiger partial charge in [0.1, 0.15) is 11.6 Å². The third-order valence-corrected chi connectivity index (χ3v) is 7.23. The number of aromatic amines is 1. The summed E-state index contributed by atoms with van der Waals surface area (Å²) in [6, 6.07) is 11.9. The minimum Gasteiger partial charge on any atom is -0.392 e. The molecule has 2 N–H and O–H groups in total. The van der Waals surface area contributed by atoms with Crippen LogP contribution >= 0.6 is 11.6 Å². The summed E-state index contributed by atoms with van der Waals surface area (Å²) in [7, 11) is 0. The van der Waals surface area contributed by atoms with E-state index in [0.29, 0.717) is 38.2 Å². The minimum absolute atomic E-state index is 0.0729. The fourth-order valence-corrected chi connectivity index (χ4v) is 5.13. The van der Waals surface area contributed by atoms with E-state index >= 15 is 0 Å². The lowest BCUT2D eigenvalue weighted by Gasteiger charge is -2.39. The monoisotopic (exact) mass is 553 g/mol. The fraction of sp³-hybridized carbons (Fsp3) is 0.370. The number of rotatable bonds is 6. The van der Waals surface area contributed by atoms with E-state index in [1.807, 2.05) is 28.9 Å². The van der Waals surface area contributed by atoms with Crippen molar-refractivity contribution in [3.05, 3.63) is 87.2 Å². The second-order valence-corrected chi connectivity index (χ2v) is 11.1. The van der Waals surface area contributed by atoms with Crippen molar-refractivity contribution in [1.29, 1.82) is 0 Å². The normalized spacial score (nSPS) is 15.4. The molecule has 12 heteroatoms. The quantitative estimate of drug-likeness (QED) is 0.356. The second kappa shape index (κ2) is 10.3. The number of pyridine rings is 1. The van der Waals surface area contributed by atoms with E-state index in [-0.39, 0.29) is 22.0 Å². The number of benzene rings is 1. The molecule has 204 valence electrons. The van der Waals surface area contributed by atoms with E-state index in [1.54, 1.807) is 17.2 Å². The lowest BCUT2D eigenvalue weighted by Crippen LogP contribution is -2.46. The average Bonchev–Trinajstić information content (AvgIpc) is 3.55. The first-order chi connectivity index (χ1) is 18.6. The molecule has 0 radical (unpaired) electrons. The van der Waals surface area contributed by atoms with Gasteiger partial charge in [-0.05, 0) is 57.9 Å². The Morgan fingerprint density at radius 2 is 1.92 bits per heavy atom. The molecule has 0 unspecified atom stereocenters. The molecule has 3 aromatic heterocycles. The Labute approximate surface area is 229 Å². The number of hydrogen-bond acceptors (Lipinski definition) is 7. The van der Waals surface area contributed by atoms with E-state index in [9.17, 15) is 14.0 Å². The van der Waals surface area contributed by atoms with Crippen LogP contribution in [0.1, 0.15) is 55.6 Å². The van der Waals surface area contributed by atoms with E-state index in [1.165, 1.54) is 12.1 Å². The summed E-state index contributed by atoms with van der Waals surface area (Å²) >= 11 is 5.89. The van der Waals surface area contributed by atoms with Crippen molar-refractivity contribution in [2.24, 2.45) is 0 Å². The molecule has 1 saturated heterocycles. The van der Waals surface area contributed by atoms with Gasteiger partial charge >= 0.3 is 5.76 Å². The highest BCUT2D eigenvalue weighted by Crippen LogP contribution is 2.38. The zero-order valence-corrected chi connectivity index (χ0v) is 22.6. The summed E-state index contributed by atoms with van der Waals surface area (Å²) in [5.41, 5.74) is -0.226. The largest absolute Gasteiger partial charge is 0.434 e. The van der Waals surface area contributed by atoms with Crippen LogP contribution in [-0.2, 0) is 17.4 Å². The summed E-state index contributed by atoms with van der Waals surface area (Å²) < 4.78 is 21.8. The second-order valence-electron chi connectivity index (χ2n) is 10.7. The van der Waals surface area contributed by atoms with Gasteiger partial charge in [-0.1, -0.05) is 23.7 Å². The summed E-state index contributed by atoms with van der Waals surface area (Å²) in [5, 5.41) is 14.1. The number of H-pyrrole nitrogens is 1. The summed E-state index contributed by atoms with van der Waals surface area (Å²) in [5.74, 6) is -0.115. The van der Waals surface area contributed by atoms with Crippen LogP contribution < -0.4 is 11.1 Å². The molecule has 1 aliphatic rings. The number of anilines is 2. The number of hydrogen-bond donors (Lipinski definition) is 2. The molecule has 1 amide bonds. The van der Waals surface area contributed by atoms with Crippen molar-refractivity contribution in [3.63, 3.8) is 0 Å². The first-order valence-corrected chi connectivity index (χ1v) is 13.0. The van der Waals surface area contributed by atoms with Crippen LogP contribution in [0.3, 0.4) is 0 Å². The van der Waals surface area contributed by atoms with Crippen LogP contribution in [0.25, 0.3) is 0 Å². The van der Waals surface area contributed by atoms with Gasteiger partial charge in [0.05, 0.1) is 27.7 Å². The Hall–Kier alpha value is -3.99. The van der Waals surface area contributed by atoms with Gasteiger partial charge in [0.2, 0.25) is 5.89 Å². The van der Waals surface area contributed by atoms with Gasteiger partial charge in [-0.2, -0.15) is 5.10 Å². The van der Waals surface area contributed by atoms with Crippen LogP contribution in [0.15, 0.2) is 57.9 Å². The molecule has 0 spiro atoms. The Morgan fingerprint density at radius 1 is 1.18 bits per heavy atom. The molecule has 1 fully saturated rings. The van der Waals surface area contributed by atoms with Gasteiger partial charge in [0.15, 0.2) is 5.82 Å². The van der Waals surface area contributed by atoms with Crippen molar-refractivity contribution in [2.75, 3.05) is 18.4 Å².